The van der Waals surface area contributed by atoms with Gasteiger partial charge in [0.15, 0.2) is 5.82 Å². The molecule has 0 fully saturated rings. The molecule has 94 valence electrons. The van der Waals surface area contributed by atoms with Crippen LogP contribution in [0.1, 0.15) is 0 Å². The lowest BCUT2D eigenvalue weighted by molar-refractivity contribution is 0.622. The number of rotatable bonds is 3. The molecule has 0 aliphatic heterocycles. The predicted molar refractivity (Wildman–Crippen MR) is 66.9 cm³/mol. The molecule has 0 saturated carbocycles. The van der Waals surface area contributed by atoms with Gasteiger partial charge in [0.1, 0.15) is 5.82 Å². The van der Waals surface area contributed by atoms with Gasteiger partial charge in [-0.1, -0.05) is 0 Å². The van der Waals surface area contributed by atoms with Gasteiger partial charge in [-0.3, -0.25) is 4.98 Å². The largest absolute Gasteiger partial charge is 0.357 e. The summed E-state index contributed by atoms with van der Waals surface area (Å²) in [6.07, 6.45) is 2.65. The summed E-state index contributed by atoms with van der Waals surface area (Å²) in [5.74, 6) is 0.872. The molecule has 0 aliphatic carbocycles. The number of hydrogen-bond acceptors (Lipinski definition) is 6. The first-order valence-corrected chi connectivity index (χ1v) is 5.32. The van der Waals surface area contributed by atoms with E-state index in [0.717, 1.165) is 6.20 Å². The normalized spacial score (nSPS) is 10.2. The Hall–Kier alpha value is -2.31. The Morgan fingerprint density at radius 3 is 2.56 bits per heavy atom. The first-order valence-electron chi connectivity index (χ1n) is 5.32. The highest BCUT2D eigenvalue weighted by Crippen LogP contribution is 2.18. The van der Waals surface area contributed by atoms with Crippen LogP contribution in [0.15, 0.2) is 18.5 Å². The second kappa shape index (κ2) is 4.91. The molecule has 2 heterocycles. The number of halogens is 1. The lowest BCUT2D eigenvalue weighted by Crippen LogP contribution is -2.15. The van der Waals surface area contributed by atoms with Crippen molar-refractivity contribution in [3.8, 4) is 11.4 Å². The van der Waals surface area contributed by atoms with Crippen molar-refractivity contribution in [2.75, 3.05) is 31.4 Å². The van der Waals surface area contributed by atoms with Gasteiger partial charge in [0.2, 0.25) is 11.9 Å². The van der Waals surface area contributed by atoms with Crippen LogP contribution in [0.25, 0.3) is 11.4 Å². The Bertz CT molecular complexity index is 557. The minimum Gasteiger partial charge on any atom is -0.357 e. The molecule has 0 aromatic carbocycles. The summed E-state index contributed by atoms with van der Waals surface area (Å²) >= 11 is 0. The first-order chi connectivity index (χ1) is 8.60. The third kappa shape index (κ3) is 2.50. The number of nitrogens with one attached hydrogen (secondary N) is 1. The molecule has 0 amide bonds. The molecule has 1 N–H and O–H groups in total. The highest BCUT2D eigenvalue weighted by Gasteiger charge is 2.10. The second-order valence-corrected chi connectivity index (χ2v) is 3.82. The summed E-state index contributed by atoms with van der Waals surface area (Å²) in [4.78, 5) is 18.1. The summed E-state index contributed by atoms with van der Waals surface area (Å²) in [5, 5.41) is 2.84. The maximum atomic E-state index is 13.1. The van der Waals surface area contributed by atoms with Gasteiger partial charge in [-0.25, -0.2) is 4.39 Å². The standard InChI is InChI=1S/C11H13FN6/c1-13-10-15-9(16-11(17-10)18(2)3)7-4-8(12)6-14-5-7/h4-6H,1-3H3,(H,13,15,16,17). The average molecular weight is 248 g/mol. The Labute approximate surface area is 104 Å². The van der Waals surface area contributed by atoms with Gasteiger partial charge < -0.3 is 10.2 Å². The monoisotopic (exact) mass is 248 g/mol. The number of hydrogen-bond donors (Lipinski definition) is 1. The molecule has 2 rings (SSSR count). The number of anilines is 2. The Morgan fingerprint density at radius 2 is 1.94 bits per heavy atom. The number of aromatic nitrogens is 4. The van der Waals surface area contributed by atoms with Crippen LogP contribution in [0, 0.1) is 5.82 Å². The number of pyridine rings is 1. The Balaban J connectivity index is 2.53. The van der Waals surface area contributed by atoms with Gasteiger partial charge in [-0.15, -0.1) is 0 Å². The van der Waals surface area contributed by atoms with E-state index < -0.39 is 5.82 Å². The van der Waals surface area contributed by atoms with Crippen LogP contribution in [0.5, 0.6) is 0 Å². The van der Waals surface area contributed by atoms with Crippen molar-refractivity contribution < 1.29 is 4.39 Å². The van der Waals surface area contributed by atoms with Gasteiger partial charge in [0.25, 0.3) is 0 Å². The Kier molecular flexibility index (Phi) is 3.31. The summed E-state index contributed by atoms with van der Waals surface area (Å²) < 4.78 is 13.1. The average Bonchev–Trinajstić information content (AvgIpc) is 2.38. The third-order valence-corrected chi connectivity index (χ3v) is 2.21. The van der Waals surface area contributed by atoms with Crippen molar-refractivity contribution in [2.24, 2.45) is 0 Å². The van der Waals surface area contributed by atoms with E-state index in [4.69, 9.17) is 0 Å². The van der Waals surface area contributed by atoms with E-state index in [2.05, 4.69) is 25.3 Å². The molecule has 2 aromatic rings. The van der Waals surface area contributed by atoms with Crippen molar-refractivity contribution in [3.63, 3.8) is 0 Å². The third-order valence-electron chi connectivity index (χ3n) is 2.21. The van der Waals surface area contributed by atoms with Crippen LogP contribution in [-0.2, 0) is 0 Å². The maximum absolute atomic E-state index is 13.1. The zero-order valence-electron chi connectivity index (χ0n) is 10.3. The van der Waals surface area contributed by atoms with E-state index in [1.54, 1.807) is 11.9 Å². The fraction of sp³-hybridized carbons (Fsp3) is 0.273. The van der Waals surface area contributed by atoms with Crippen LogP contribution < -0.4 is 10.2 Å². The molecule has 6 nitrogen and oxygen atoms in total. The lowest BCUT2D eigenvalue weighted by atomic mass is 10.2. The molecule has 7 heteroatoms. The summed E-state index contributed by atoms with van der Waals surface area (Å²) in [6.45, 7) is 0. The lowest BCUT2D eigenvalue weighted by Gasteiger charge is -2.12. The smallest absolute Gasteiger partial charge is 0.230 e. The molecule has 0 spiro atoms. The van der Waals surface area contributed by atoms with Crippen molar-refractivity contribution in [2.45, 2.75) is 0 Å². The van der Waals surface area contributed by atoms with Gasteiger partial charge in [0, 0.05) is 32.9 Å². The van der Waals surface area contributed by atoms with Crippen LogP contribution in [0.2, 0.25) is 0 Å². The highest BCUT2D eigenvalue weighted by atomic mass is 19.1. The molecule has 0 aliphatic rings. The first kappa shape index (κ1) is 12.2. The minimum absolute atomic E-state index is 0.380. The maximum Gasteiger partial charge on any atom is 0.230 e. The van der Waals surface area contributed by atoms with Crippen molar-refractivity contribution in [1.82, 2.24) is 19.9 Å². The quantitative estimate of drug-likeness (QED) is 0.879. The van der Waals surface area contributed by atoms with E-state index >= 15 is 0 Å². The summed E-state index contributed by atoms with van der Waals surface area (Å²) in [5.41, 5.74) is 0.511. The van der Waals surface area contributed by atoms with Gasteiger partial charge >= 0.3 is 0 Å². The molecule has 0 saturated heterocycles. The van der Waals surface area contributed by atoms with E-state index in [1.807, 2.05) is 14.1 Å². The summed E-state index contributed by atoms with van der Waals surface area (Å²) in [6, 6.07) is 1.33. The van der Waals surface area contributed by atoms with E-state index in [-0.39, 0.29) is 0 Å². The molecule has 0 atom stereocenters. The number of nitrogens with zero attached hydrogens (tertiary/aromatic N) is 5. The van der Waals surface area contributed by atoms with Gasteiger partial charge in [-0.05, 0) is 6.07 Å². The van der Waals surface area contributed by atoms with E-state index in [0.29, 0.717) is 23.3 Å². The van der Waals surface area contributed by atoms with E-state index in [9.17, 15) is 4.39 Å². The van der Waals surface area contributed by atoms with Crippen LogP contribution in [0.3, 0.4) is 0 Å². The molecule has 2 aromatic heterocycles. The molecule has 0 unspecified atom stereocenters. The van der Waals surface area contributed by atoms with Crippen LogP contribution >= 0.6 is 0 Å². The molecule has 18 heavy (non-hydrogen) atoms. The molecular formula is C11H13FN6. The Morgan fingerprint density at radius 1 is 1.17 bits per heavy atom. The highest BCUT2D eigenvalue weighted by molar-refractivity contribution is 5.56. The fourth-order valence-corrected chi connectivity index (χ4v) is 1.34. The molecule has 0 bridgehead atoms. The summed E-state index contributed by atoms with van der Waals surface area (Å²) in [7, 11) is 5.35. The minimum atomic E-state index is -0.426. The SMILES string of the molecule is CNc1nc(-c2cncc(F)c2)nc(N(C)C)n1. The van der Waals surface area contributed by atoms with Gasteiger partial charge in [-0.2, -0.15) is 15.0 Å². The topological polar surface area (TPSA) is 66.8 Å². The van der Waals surface area contributed by atoms with E-state index in [1.165, 1.54) is 12.3 Å². The van der Waals surface area contributed by atoms with Gasteiger partial charge in [0.05, 0.1) is 6.20 Å². The second-order valence-electron chi connectivity index (χ2n) is 3.82. The zero-order chi connectivity index (χ0) is 13.1. The van der Waals surface area contributed by atoms with Crippen LogP contribution in [0.4, 0.5) is 16.3 Å². The zero-order valence-corrected chi connectivity index (χ0v) is 10.3. The van der Waals surface area contributed by atoms with Crippen molar-refractivity contribution >= 4 is 11.9 Å². The molecular weight excluding hydrogens is 235 g/mol. The van der Waals surface area contributed by atoms with Crippen molar-refractivity contribution in [3.05, 3.63) is 24.3 Å². The van der Waals surface area contributed by atoms with Crippen molar-refractivity contribution in [1.29, 1.82) is 0 Å². The fourth-order valence-electron chi connectivity index (χ4n) is 1.34. The predicted octanol–water partition coefficient (Wildman–Crippen LogP) is 1.18. The van der Waals surface area contributed by atoms with Crippen LogP contribution in [-0.4, -0.2) is 41.1 Å². The molecule has 0 radical (unpaired) electrons.